The summed E-state index contributed by atoms with van der Waals surface area (Å²) in [6.45, 7) is 7.13. The summed E-state index contributed by atoms with van der Waals surface area (Å²) in [6, 6.07) is 17.3. The minimum atomic E-state index is -4.90. The van der Waals surface area contributed by atoms with Gasteiger partial charge in [-0.15, -0.1) is 24.5 Å². The molecule has 1 amide bonds. The Kier molecular flexibility index (Phi) is 9.60. The third kappa shape index (κ3) is 8.07. The van der Waals surface area contributed by atoms with Crippen molar-refractivity contribution >= 4 is 67.4 Å². The van der Waals surface area contributed by atoms with Gasteiger partial charge in [-0.1, -0.05) is 25.4 Å². The fraction of sp³-hybridized carbons (Fsp3) is 0.250. The molecule has 0 aliphatic rings. The Hall–Kier alpha value is -4.11. The summed E-state index contributed by atoms with van der Waals surface area (Å²) in [5, 5.41) is 7.98. The fourth-order valence-corrected chi connectivity index (χ4v) is 6.63. The van der Waals surface area contributed by atoms with Crippen molar-refractivity contribution in [1.82, 2.24) is 9.78 Å². The first-order valence-corrected chi connectivity index (χ1v) is 16.3. The van der Waals surface area contributed by atoms with Crippen LogP contribution in [-0.4, -0.2) is 36.9 Å². The van der Waals surface area contributed by atoms with Gasteiger partial charge in [0.15, 0.2) is 5.82 Å². The number of aromatic nitrogens is 2. The molecule has 0 saturated carbocycles. The largest absolute Gasteiger partial charge is 0.755 e. The van der Waals surface area contributed by atoms with Crippen LogP contribution in [0.1, 0.15) is 48.5 Å². The van der Waals surface area contributed by atoms with Gasteiger partial charge in [-0.05, 0) is 85.0 Å². The lowest BCUT2D eigenvalue weighted by Gasteiger charge is -2.28. The third-order valence-electron chi connectivity index (χ3n) is 7.10. The van der Waals surface area contributed by atoms with Crippen molar-refractivity contribution in [3.05, 3.63) is 94.0 Å². The minimum Gasteiger partial charge on any atom is -0.755 e. The molecule has 2 aromatic heterocycles. The molecule has 47 heavy (non-hydrogen) atoms. The van der Waals surface area contributed by atoms with Crippen LogP contribution >= 0.6 is 22.9 Å². The number of carbonyl (C=O) groups is 1. The number of ether oxygens (including phenoxy) is 2. The molecule has 2 heterocycles. The molecule has 1 unspecified atom stereocenters. The zero-order valence-corrected chi connectivity index (χ0v) is 28.1. The number of fused-ring (bicyclic) bond motifs is 1. The summed E-state index contributed by atoms with van der Waals surface area (Å²) >= 11 is 5.05. The van der Waals surface area contributed by atoms with E-state index in [2.05, 4.69) is 15.2 Å². The van der Waals surface area contributed by atoms with Crippen molar-refractivity contribution in [1.29, 1.82) is 0 Å². The first-order valence-electron chi connectivity index (χ1n) is 14.1. The number of aryl methyl sites for hydroxylation is 1. The van der Waals surface area contributed by atoms with Gasteiger partial charge < -0.3 is 19.3 Å². The summed E-state index contributed by atoms with van der Waals surface area (Å²) in [7, 11) is 1.68. The van der Waals surface area contributed by atoms with Crippen LogP contribution in [0.4, 0.5) is 30.4 Å². The molecular formula is C32H29ClF3N4O5S2-. The van der Waals surface area contributed by atoms with Crippen LogP contribution < -0.4 is 19.1 Å². The van der Waals surface area contributed by atoms with Gasteiger partial charge in [0.25, 0.3) is 5.91 Å². The molecular weight excluding hydrogens is 677 g/mol. The van der Waals surface area contributed by atoms with Crippen LogP contribution in [0.25, 0.3) is 10.1 Å². The van der Waals surface area contributed by atoms with E-state index in [4.69, 9.17) is 16.3 Å². The van der Waals surface area contributed by atoms with E-state index in [-0.39, 0.29) is 17.7 Å². The molecule has 15 heteroatoms. The highest BCUT2D eigenvalue weighted by atomic mass is 35.5. The Labute approximate surface area is 280 Å². The van der Waals surface area contributed by atoms with Crippen LogP contribution in [0.5, 0.6) is 11.5 Å². The molecule has 1 N–H and O–H groups in total. The van der Waals surface area contributed by atoms with Crippen LogP contribution in [0.2, 0.25) is 5.02 Å². The fourth-order valence-electron chi connectivity index (χ4n) is 4.92. The molecule has 5 aromatic rings. The molecule has 0 aliphatic heterocycles. The van der Waals surface area contributed by atoms with Gasteiger partial charge in [-0.3, -0.25) is 18.0 Å². The number of benzene rings is 3. The predicted octanol–water partition coefficient (Wildman–Crippen LogP) is 8.48. The second kappa shape index (κ2) is 13.2. The van der Waals surface area contributed by atoms with Gasteiger partial charge >= 0.3 is 6.36 Å². The zero-order valence-electron chi connectivity index (χ0n) is 25.7. The maximum Gasteiger partial charge on any atom is 0.573 e. The third-order valence-corrected chi connectivity index (χ3v) is 9.13. The quantitative estimate of drug-likeness (QED) is 0.146. The highest BCUT2D eigenvalue weighted by Gasteiger charge is 2.33. The van der Waals surface area contributed by atoms with Gasteiger partial charge in [0.05, 0.1) is 27.9 Å². The van der Waals surface area contributed by atoms with Crippen molar-refractivity contribution in [2.45, 2.75) is 45.6 Å². The van der Waals surface area contributed by atoms with E-state index in [9.17, 15) is 26.7 Å². The summed E-state index contributed by atoms with van der Waals surface area (Å²) in [4.78, 5) is 13.8. The van der Waals surface area contributed by atoms with Gasteiger partial charge in [-0.25, -0.2) is 0 Å². The van der Waals surface area contributed by atoms with Crippen molar-refractivity contribution in [3.63, 3.8) is 0 Å². The maximum atomic E-state index is 13.4. The normalized spacial score (nSPS) is 12.7. The van der Waals surface area contributed by atoms with Crippen LogP contribution in [0.3, 0.4) is 0 Å². The Morgan fingerprint density at radius 3 is 2.38 bits per heavy atom. The number of anilines is 3. The zero-order chi connectivity index (χ0) is 34.3. The van der Waals surface area contributed by atoms with Gasteiger partial charge in [0.1, 0.15) is 11.5 Å². The number of hydrogen-bond donors (Lipinski definition) is 1. The number of hydrogen-bond acceptors (Lipinski definition) is 7. The van der Waals surface area contributed by atoms with E-state index in [0.717, 1.165) is 9.01 Å². The number of amides is 1. The first kappa shape index (κ1) is 34.2. The van der Waals surface area contributed by atoms with E-state index in [1.165, 1.54) is 28.2 Å². The second-order valence-electron chi connectivity index (χ2n) is 11.4. The van der Waals surface area contributed by atoms with E-state index in [1.54, 1.807) is 81.7 Å². The molecule has 248 valence electrons. The lowest BCUT2D eigenvalue weighted by atomic mass is 9.78. The van der Waals surface area contributed by atoms with E-state index in [0.29, 0.717) is 37.8 Å². The highest BCUT2D eigenvalue weighted by molar-refractivity contribution is 7.81. The lowest BCUT2D eigenvalue weighted by molar-refractivity contribution is -0.274. The van der Waals surface area contributed by atoms with Crippen LogP contribution in [0.15, 0.2) is 72.9 Å². The smallest absolute Gasteiger partial charge is 0.573 e. The molecule has 0 radical (unpaired) electrons. The van der Waals surface area contributed by atoms with Gasteiger partial charge in [0.2, 0.25) is 0 Å². The summed E-state index contributed by atoms with van der Waals surface area (Å²) in [6.07, 6.45) is -3.57. The van der Waals surface area contributed by atoms with Gasteiger partial charge in [-0.2, -0.15) is 5.10 Å². The number of alkyl halides is 3. The average molecular weight is 706 g/mol. The van der Waals surface area contributed by atoms with E-state index in [1.807, 2.05) is 13.8 Å². The van der Waals surface area contributed by atoms with Crippen molar-refractivity contribution in [2.75, 3.05) is 9.62 Å². The topological polar surface area (TPSA) is 109 Å². The Bertz CT molecular complexity index is 1980. The van der Waals surface area contributed by atoms with Crippen molar-refractivity contribution in [2.24, 2.45) is 7.05 Å². The SMILES string of the molecule is CC(C)Oc1cc(OC(F)(F)F)cc(C(C)(C)c2cc(Cl)cc(NC(=O)c3cc4cc(N(c5ccn(C)n5)S(=O)[O-])ccc4s3)c2)c1. The molecule has 0 saturated heterocycles. The summed E-state index contributed by atoms with van der Waals surface area (Å²) in [5.41, 5.74) is 0.894. The van der Waals surface area contributed by atoms with Crippen molar-refractivity contribution < 1.29 is 36.2 Å². The van der Waals surface area contributed by atoms with Gasteiger partial charge in [0, 0.05) is 46.2 Å². The monoisotopic (exact) mass is 705 g/mol. The molecule has 0 spiro atoms. The number of thiophene rings is 1. The molecule has 1 atom stereocenters. The molecule has 3 aromatic carbocycles. The number of rotatable bonds is 10. The number of nitrogens with one attached hydrogen (secondary N) is 1. The average Bonchev–Trinajstić information content (AvgIpc) is 3.57. The maximum absolute atomic E-state index is 13.4. The molecule has 0 aliphatic carbocycles. The standard InChI is InChI=1S/C32H30ClF3N4O5S2/c1-18(2)44-25-14-21(15-26(17-25)45-32(34,35)36)31(3,4)20-12-22(33)16-23(13-20)37-30(41)28-11-19-10-24(6-7-27(19)46-28)40(47(42)43)29-8-9-39(5)38-29/h6-18H,1-5H3,(H,37,41)(H,42,43)/p-1. The number of nitrogens with zero attached hydrogens (tertiary/aromatic N) is 3. The Morgan fingerprint density at radius 1 is 1.04 bits per heavy atom. The molecule has 5 rings (SSSR count). The van der Waals surface area contributed by atoms with Crippen LogP contribution in [-0.2, 0) is 23.7 Å². The first-order chi connectivity index (χ1) is 22.0. The van der Waals surface area contributed by atoms with E-state index < -0.39 is 34.7 Å². The van der Waals surface area contributed by atoms with Crippen molar-refractivity contribution in [3.8, 4) is 11.5 Å². The Morgan fingerprint density at radius 2 is 1.74 bits per heavy atom. The predicted molar refractivity (Wildman–Crippen MR) is 177 cm³/mol. The number of halogens is 4. The molecule has 0 fully saturated rings. The summed E-state index contributed by atoms with van der Waals surface area (Å²) in [5.74, 6) is -0.429. The number of carbonyl (C=O) groups excluding carboxylic acids is 1. The van der Waals surface area contributed by atoms with E-state index >= 15 is 0 Å². The van der Waals surface area contributed by atoms with Crippen LogP contribution in [0, 0.1) is 0 Å². The lowest BCUT2D eigenvalue weighted by Crippen LogP contribution is -2.22. The second-order valence-corrected chi connectivity index (χ2v) is 13.7. The highest BCUT2D eigenvalue weighted by Crippen LogP contribution is 2.40. The Balaban J connectivity index is 1.43. The molecule has 9 nitrogen and oxygen atoms in total. The minimum absolute atomic E-state index is 0.206. The summed E-state index contributed by atoms with van der Waals surface area (Å²) < 4.78 is 76.7. The molecule has 0 bridgehead atoms.